The number of piperazine rings is 1. The Hall–Kier alpha value is -3.47. The molecule has 1 atom stereocenters. The van der Waals surface area contributed by atoms with Gasteiger partial charge < -0.3 is 30.0 Å². The molecular weight excluding hydrogens is 460 g/mol. The summed E-state index contributed by atoms with van der Waals surface area (Å²) in [7, 11) is 3.97. The van der Waals surface area contributed by atoms with E-state index in [1.807, 2.05) is 36.5 Å². The van der Waals surface area contributed by atoms with E-state index < -0.39 is 11.4 Å². The molecule has 5 rings (SSSR count). The molecule has 2 aromatic heterocycles. The molecule has 1 unspecified atom stereocenters. The second-order valence-corrected chi connectivity index (χ2v) is 10.1. The average molecular weight is 491 g/mol. The Morgan fingerprint density at radius 1 is 0.971 bits per heavy atom. The number of benzene rings is 2. The molecule has 9 nitrogen and oxygen atoms in total. The summed E-state index contributed by atoms with van der Waals surface area (Å²) in [4.78, 5) is 17.4. The van der Waals surface area contributed by atoms with Gasteiger partial charge in [-0.25, -0.2) is 0 Å². The Morgan fingerprint density at radius 2 is 1.71 bits per heavy atom. The highest BCUT2D eigenvalue weighted by atomic mass is 32.2. The maximum absolute atomic E-state index is 12.1. The summed E-state index contributed by atoms with van der Waals surface area (Å²) in [6.45, 7) is 4.22. The number of rotatable bonds is 7. The molecule has 1 aliphatic heterocycles. The van der Waals surface area contributed by atoms with Crippen LogP contribution in [0.3, 0.4) is 0 Å². The number of nitrogens with one attached hydrogen (secondary N) is 3. The lowest BCUT2D eigenvalue weighted by molar-refractivity contribution is 0.313. The monoisotopic (exact) mass is 490 g/mol. The van der Waals surface area contributed by atoms with Gasteiger partial charge in [0.05, 0.1) is 29.5 Å². The number of para-hydroxylation sites is 2. The van der Waals surface area contributed by atoms with Gasteiger partial charge in [-0.1, -0.05) is 12.1 Å². The van der Waals surface area contributed by atoms with Crippen LogP contribution >= 0.6 is 0 Å². The third-order valence-electron chi connectivity index (χ3n) is 6.29. The minimum absolute atomic E-state index is 0.486. The van der Waals surface area contributed by atoms with Crippen LogP contribution in [0, 0.1) is 0 Å². The Balaban J connectivity index is 1.39. The van der Waals surface area contributed by atoms with Crippen LogP contribution in [0.4, 0.5) is 34.5 Å². The fourth-order valence-electron chi connectivity index (χ4n) is 4.16. The highest BCUT2D eigenvalue weighted by Crippen LogP contribution is 2.32. The molecule has 182 valence electrons. The lowest BCUT2D eigenvalue weighted by Gasteiger charge is -2.34. The maximum Gasteiger partial charge on any atom is 0.231 e. The molecular formula is C25H30N8OS. The lowest BCUT2D eigenvalue weighted by atomic mass is 10.2. The Morgan fingerprint density at radius 3 is 2.46 bits per heavy atom. The van der Waals surface area contributed by atoms with Gasteiger partial charge in [-0.3, -0.25) is 0 Å². The second-order valence-electron chi connectivity index (χ2n) is 8.66. The normalized spacial score (nSPS) is 15.3. The lowest BCUT2D eigenvalue weighted by Crippen LogP contribution is -2.44. The number of anilines is 6. The third-order valence-corrected chi connectivity index (χ3v) is 7.26. The van der Waals surface area contributed by atoms with E-state index in [1.165, 1.54) is 5.69 Å². The minimum atomic E-state index is -1.15. The number of fused-ring (bicyclic) bond motifs is 1. The maximum atomic E-state index is 12.1. The molecule has 0 bridgehead atoms. The molecule has 0 saturated carbocycles. The molecule has 35 heavy (non-hydrogen) atoms. The third kappa shape index (κ3) is 5.14. The van der Waals surface area contributed by atoms with Crippen molar-refractivity contribution in [3.8, 4) is 0 Å². The fourth-order valence-corrected chi connectivity index (χ4v) is 4.60. The van der Waals surface area contributed by atoms with Gasteiger partial charge in [0.1, 0.15) is 23.4 Å². The Kier molecular flexibility index (Phi) is 6.67. The molecule has 0 amide bonds. The van der Waals surface area contributed by atoms with E-state index >= 15 is 0 Å². The number of nitrogens with zero attached hydrogens (tertiary/aromatic N) is 5. The number of aromatic amines is 1. The van der Waals surface area contributed by atoms with Crippen molar-refractivity contribution in [2.24, 2.45) is 0 Å². The van der Waals surface area contributed by atoms with E-state index in [1.54, 1.807) is 17.6 Å². The quantitative estimate of drug-likeness (QED) is 0.335. The molecule has 2 aromatic carbocycles. The summed E-state index contributed by atoms with van der Waals surface area (Å²) in [6, 6.07) is 18.1. The second kappa shape index (κ2) is 10.0. The van der Waals surface area contributed by atoms with E-state index in [9.17, 15) is 4.55 Å². The first-order valence-corrected chi connectivity index (χ1v) is 13.1. The van der Waals surface area contributed by atoms with Crippen LogP contribution in [-0.4, -0.2) is 70.9 Å². The van der Waals surface area contributed by atoms with Crippen molar-refractivity contribution < 1.29 is 4.55 Å². The molecule has 1 fully saturated rings. The number of likely N-dealkylation sites (N-methyl/N-ethyl adjacent to an activating group) is 1. The van der Waals surface area contributed by atoms with Gasteiger partial charge in [0.2, 0.25) is 5.95 Å². The molecule has 10 heteroatoms. The van der Waals surface area contributed by atoms with Crippen molar-refractivity contribution in [3.05, 3.63) is 60.8 Å². The smallest absolute Gasteiger partial charge is 0.231 e. The van der Waals surface area contributed by atoms with Crippen molar-refractivity contribution in [2.75, 3.05) is 66.4 Å². The van der Waals surface area contributed by atoms with Crippen molar-refractivity contribution in [3.63, 3.8) is 0 Å². The van der Waals surface area contributed by atoms with Crippen molar-refractivity contribution >= 4 is 56.9 Å². The zero-order chi connectivity index (χ0) is 24.4. The van der Waals surface area contributed by atoms with E-state index in [-0.39, 0.29) is 0 Å². The Bertz CT molecular complexity index is 1280. The van der Waals surface area contributed by atoms with Crippen LogP contribution in [0.2, 0.25) is 0 Å². The standard InChI is InChI=1S/C25H30N8OS/c1-31-14-16-33(17-15-31)19-10-8-18(9-11-19)27-25-29-23-20(12-13-26-23)24(30-25)28-21-6-4-5-7-22(21)32(2)35(3)34/h4-13H,14-17H2,1-3H3,(H3,26,27,28,29,30). The molecule has 0 spiro atoms. The van der Waals surface area contributed by atoms with Crippen LogP contribution in [0.15, 0.2) is 60.8 Å². The number of hydrogen-bond acceptors (Lipinski definition) is 8. The summed E-state index contributed by atoms with van der Waals surface area (Å²) < 4.78 is 13.8. The molecule has 4 aromatic rings. The average Bonchev–Trinajstić information content (AvgIpc) is 3.34. The zero-order valence-corrected chi connectivity index (χ0v) is 21.0. The van der Waals surface area contributed by atoms with Crippen LogP contribution in [0.25, 0.3) is 11.0 Å². The van der Waals surface area contributed by atoms with Gasteiger partial charge in [0.15, 0.2) is 0 Å². The minimum Gasteiger partial charge on any atom is -0.593 e. The summed E-state index contributed by atoms with van der Waals surface area (Å²) in [6.07, 6.45) is 3.50. The fraction of sp³-hybridized carbons (Fsp3) is 0.280. The molecule has 3 heterocycles. The molecule has 3 N–H and O–H groups in total. The van der Waals surface area contributed by atoms with E-state index in [0.29, 0.717) is 11.8 Å². The van der Waals surface area contributed by atoms with Gasteiger partial charge in [-0.15, -0.1) is 0 Å². The van der Waals surface area contributed by atoms with E-state index in [0.717, 1.165) is 54.3 Å². The topological polar surface area (TPSA) is 98.4 Å². The molecule has 0 radical (unpaired) electrons. The number of aromatic nitrogens is 3. The van der Waals surface area contributed by atoms with Gasteiger partial charge in [0.25, 0.3) is 0 Å². The number of H-pyrrole nitrogens is 1. The first-order valence-electron chi connectivity index (χ1n) is 11.6. The predicted octanol–water partition coefficient (Wildman–Crippen LogP) is 3.93. The zero-order valence-electron chi connectivity index (χ0n) is 20.2. The Labute approximate surface area is 208 Å². The summed E-state index contributed by atoms with van der Waals surface area (Å²) >= 11 is -1.15. The van der Waals surface area contributed by atoms with Crippen molar-refractivity contribution in [2.45, 2.75) is 0 Å². The van der Waals surface area contributed by atoms with Gasteiger partial charge in [-0.2, -0.15) is 14.3 Å². The van der Waals surface area contributed by atoms with Crippen LogP contribution in [0.1, 0.15) is 0 Å². The highest BCUT2D eigenvalue weighted by Gasteiger charge is 2.17. The van der Waals surface area contributed by atoms with Gasteiger partial charge in [0, 0.05) is 43.8 Å². The largest absolute Gasteiger partial charge is 0.593 e. The number of hydrogen-bond donors (Lipinski definition) is 3. The SMILES string of the molecule is CN1CCN(c2ccc(Nc3nc(Nc4ccccc4N(C)[S+](C)[O-])c4cc[nH]c4n3)cc2)CC1. The molecule has 1 saturated heterocycles. The predicted molar refractivity (Wildman–Crippen MR) is 146 cm³/mol. The first-order chi connectivity index (χ1) is 17.0. The molecule has 0 aliphatic carbocycles. The van der Waals surface area contributed by atoms with Gasteiger partial charge >= 0.3 is 0 Å². The summed E-state index contributed by atoms with van der Waals surface area (Å²) in [5, 5.41) is 7.63. The van der Waals surface area contributed by atoms with Crippen LogP contribution < -0.4 is 19.8 Å². The van der Waals surface area contributed by atoms with Gasteiger partial charge in [-0.05, 0) is 49.5 Å². The summed E-state index contributed by atoms with van der Waals surface area (Å²) in [5.74, 6) is 1.15. The molecule has 1 aliphatic rings. The summed E-state index contributed by atoms with van der Waals surface area (Å²) in [5.41, 5.74) is 4.50. The van der Waals surface area contributed by atoms with E-state index in [4.69, 9.17) is 4.98 Å². The van der Waals surface area contributed by atoms with Crippen LogP contribution in [-0.2, 0) is 11.4 Å². The van der Waals surface area contributed by atoms with Crippen LogP contribution in [0.5, 0.6) is 0 Å². The first kappa shape index (κ1) is 23.3. The van der Waals surface area contributed by atoms with E-state index in [2.05, 4.69) is 61.7 Å². The van der Waals surface area contributed by atoms with Crippen molar-refractivity contribution in [1.29, 1.82) is 0 Å². The highest BCUT2D eigenvalue weighted by molar-refractivity contribution is 7.92. The van der Waals surface area contributed by atoms with Crippen molar-refractivity contribution in [1.82, 2.24) is 19.9 Å².